The second-order valence-corrected chi connectivity index (χ2v) is 4.92. The summed E-state index contributed by atoms with van der Waals surface area (Å²) in [5, 5.41) is 14.1. The summed E-state index contributed by atoms with van der Waals surface area (Å²) in [5.41, 5.74) is 0.961. The van der Waals surface area contributed by atoms with E-state index in [0.29, 0.717) is 13.2 Å². The van der Waals surface area contributed by atoms with Gasteiger partial charge in [0.2, 0.25) is 0 Å². The molecular formula is C16H23N3O2. The summed E-state index contributed by atoms with van der Waals surface area (Å²) in [4.78, 5) is 0. The van der Waals surface area contributed by atoms with Crippen LogP contribution in [0.3, 0.4) is 0 Å². The number of hydrogen-bond acceptors (Lipinski definition) is 5. The fourth-order valence-corrected chi connectivity index (χ4v) is 2.15. The number of rotatable bonds is 9. The van der Waals surface area contributed by atoms with E-state index in [1.54, 1.807) is 7.11 Å². The van der Waals surface area contributed by atoms with Gasteiger partial charge in [0.05, 0.1) is 18.9 Å². The molecule has 1 aromatic heterocycles. The molecule has 0 aliphatic carbocycles. The van der Waals surface area contributed by atoms with E-state index in [1.807, 2.05) is 19.1 Å². The maximum absolute atomic E-state index is 5.43. The summed E-state index contributed by atoms with van der Waals surface area (Å²) >= 11 is 0. The lowest BCUT2D eigenvalue weighted by molar-refractivity contribution is 0.0691. The summed E-state index contributed by atoms with van der Waals surface area (Å²) in [5.74, 6) is 0.858. The molecule has 0 aliphatic rings. The molecule has 0 aliphatic heterocycles. The van der Waals surface area contributed by atoms with Crippen LogP contribution in [-0.4, -0.2) is 43.7 Å². The Morgan fingerprint density at radius 3 is 2.62 bits per heavy atom. The number of nitrogens with zero attached hydrogens (tertiary/aromatic N) is 2. The molecule has 1 heterocycles. The number of ether oxygens (including phenoxy) is 2. The Balaban J connectivity index is 1.78. The lowest BCUT2D eigenvalue weighted by atomic mass is 10.1. The van der Waals surface area contributed by atoms with Crippen molar-refractivity contribution in [3.05, 3.63) is 30.0 Å². The lowest BCUT2D eigenvalue weighted by Gasteiger charge is -2.09. The predicted octanol–water partition coefficient (Wildman–Crippen LogP) is 2.79. The average molecular weight is 289 g/mol. The zero-order valence-electron chi connectivity index (χ0n) is 12.8. The highest BCUT2D eigenvalue weighted by Gasteiger charge is 2.05. The molecule has 5 heteroatoms. The van der Waals surface area contributed by atoms with Gasteiger partial charge in [-0.2, -0.15) is 5.10 Å². The third-order valence-corrected chi connectivity index (χ3v) is 3.31. The van der Waals surface area contributed by atoms with E-state index in [9.17, 15) is 0 Å². The van der Waals surface area contributed by atoms with Gasteiger partial charge in [-0.05, 0) is 19.8 Å². The van der Waals surface area contributed by atoms with Crippen molar-refractivity contribution in [2.45, 2.75) is 19.8 Å². The molecule has 0 bridgehead atoms. The summed E-state index contributed by atoms with van der Waals surface area (Å²) < 4.78 is 10.4. The van der Waals surface area contributed by atoms with Crippen LogP contribution in [0.15, 0.2) is 24.3 Å². The molecule has 0 spiro atoms. The van der Waals surface area contributed by atoms with Crippen LogP contribution in [0.5, 0.6) is 0 Å². The number of hydrogen-bond donors (Lipinski definition) is 1. The van der Waals surface area contributed by atoms with Gasteiger partial charge < -0.3 is 14.8 Å². The van der Waals surface area contributed by atoms with Crippen LogP contribution in [0.1, 0.15) is 18.5 Å². The number of unbranched alkanes of at least 4 members (excludes halogenated alkanes) is 1. The van der Waals surface area contributed by atoms with Crippen molar-refractivity contribution in [3.63, 3.8) is 0 Å². The van der Waals surface area contributed by atoms with Crippen molar-refractivity contribution in [2.24, 2.45) is 0 Å². The standard InChI is InChI=1S/C16H23N3O2/c1-13-14-7-3-4-8-15(14)16(19-18-13)17-9-5-6-10-21-12-11-20-2/h3-4,7-8H,5-6,9-12H2,1-2H3,(H,17,19). The number of fused-ring (bicyclic) bond motifs is 1. The topological polar surface area (TPSA) is 56.3 Å². The Morgan fingerprint density at radius 2 is 1.81 bits per heavy atom. The van der Waals surface area contributed by atoms with E-state index in [1.165, 1.54) is 0 Å². The highest BCUT2D eigenvalue weighted by atomic mass is 16.5. The van der Waals surface area contributed by atoms with Crippen LogP contribution in [0.25, 0.3) is 10.8 Å². The van der Waals surface area contributed by atoms with Gasteiger partial charge in [0.25, 0.3) is 0 Å². The van der Waals surface area contributed by atoms with Crippen LogP contribution in [-0.2, 0) is 9.47 Å². The van der Waals surface area contributed by atoms with Crippen molar-refractivity contribution in [2.75, 3.05) is 38.8 Å². The first-order valence-electron chi connectivity index (χ1n) is 7.35. The van der Waals surface area contributed by atoms with Gasteiger partial charge in [-0.25, -0.2) is 0 Å². The van der Waals surface area contributed by atoms with Crippen molar-refractivity contribution in [1.29, 1.82) is 0 Å². The molecule has 0 unspecified atom stereocenters. The Kier molecular flexibility index (Phi) is 6.37. The fourth-order valence-electron chi connectivity index (χ4n) is 2.15. The minimum atomic E-state index is 0.656. The summed E-state index contributed by atoms with van der Waals surface area (Å²) in [6.07, 6.45) is 2.06. The molecule has 21 heavy (non-hydrogen) atoms. The van der Waals surface area contributed by atoms with Gasteiger partial charge in [-0.15, -0.1) is 5.10 Å². The quantitative estimate of drug-likeness (QED) is 0.719. The number of methoxy groups -OCH3 is 1. The van der Waals surface area contributed by atoms with E-state index < -0.39 is 0 Å². The van der Waals surface area contributed by atoms with Crippen LogP contribution in [0, 0.1) is 6.92 Å². The molecule has 2 rings (SSSR count). The fraction of sp³-hybridized carbons (Fsp3) is 0.500. The third kappa shape index (κ3) is 4.65. The van der Waals surface area contributed by atoms with Crippen LogP contribution >= 0.6 is 0 Å². The molecule has 1 N–H and O–H groups in total. The molecule has 1 aromatic carbocycles. The van der Waals surface area contributed by atoms with E-state index >= 15 is 0 Å². The van der Waals surface area contributed by atoms with Crippen molar-refractivity contribution in [1.82, 2.24) is 10.2 Å². The predicted molar refractivity (Wildman–Crippen MR) is 84.7 cm³/mol. The van der Waals surface area contributed by atoms with Gasteiger partial charge in [0.15, 0.2) is 5.82 Å². The molecular weight excluding hydrogens is 266 g/mol. The van der Waals surface area contributed by atoms with E-state index in [0.717, 1.165) is 48.3 Å². The van der Waals surface area contributed by atoms with Crippen LogP contribution in [0.4, 0.5) is 5.82 Å². The molecule has 0 radical (unpaired) electrons. The first-order chi connectivity index (χ1) is 10.3. The Bertz CT molecular complexity index is 560. The van der Waals surface area contributed by atoms with Gasteiger partial charge in [-0.1, -0.05) is 24.3 Å². The largest absolute Gasteiger partial charge is 0.382 e. The van der Waals surface area contributed by atoms with Gasteiger partial charge in [0.1, 0.15) is 0 Å². The van der Waals surface area contributed by atoms with Crippen molar-refractivity contribution >= 4 is 16.6 Å². The van der Waals surface area contributed by atoms with Gasteiger partial charge in [-0.3, -0.25) is 0 Å². The van der Waals surface area contributed by atoms with E-state index in [2.05, 4.69) is 27.6 Å². The van der Waals surface area contributed by atoms with E-state index in [4.69, 9.17) is 9.47 Å². The molecule has 0 atom stereocenters. The van der Waals surface area contributed by atoms with Gasteiger partial charge >= 0.3 is 0 Å². The smallest absolute Gasteiger partial charge is 0.156 e. The van der Waals surface area contributed by atoms with Crippen LogP contribution in [0.2, 0.25) is 0 Å². The number of benzene rings is 1. The Hall–Kier alpha value is -1.72. The third-order valence-electron chi connectivity index (χ3n) is 3.31. The molecule has 0 saturated heterocycles. The Morgan fingerprint density at radius 1 is 1.00 bits per heavy atom. The molecule has 2 aromatic rings. The summed E-state index contributed by atoms with van der Waals surface area (Å²) in [6, 6.07) is 8.21. The number of aryl methyl sites for hydroxylation is 1. The Labute approximate surface area is 125 Å². The second kappa shape index (κ2) is 8.54. The lowest BCUT2D eigenvalue weighted by Crippen LogP contribution is -2.08. The normalized spacial score (nSPS) is 11.0. The highest BCUT2D eigenvalue weighted by Crippen LogP contribution is 2.22. The molecule has 0 fully saturated rings. The van der Waals surface area contributed by atoms with Crippen molar-refractivity contribution in [3.8, 4) is 0 Å². The van der Waals surface area contributed by atoms with Gasteiger partial charge in [0, 0.05) is 31.0 Å². The average Bonchev–Trinajstić information content (AvgIpc) is 2.52. The zero-order chi connectivity index (χ0) is 14.9. The van der Waals surface area contributed by atoms with Crippen LogP contribution < -0.4 is 5.32 Å². The number of nitrogens with one attached hydrogen (secondary N) is 1. The minimum absolute atomic E-state index is 0.656. The maximum Gasteiger partial charge on any atom is 0.156 e. The van der Waals surface area contributed by atoms with E-state index in [-0.39, 0.29) is 0 Å². The minimum Gasteiger partial charge on any atom is -0.382 e. The summed E-state index contributed by atoms with van der Waals surface area (Å²) in [6.45, 7) is 4.94. The molecule has 0 amide bonds. The zero-order valence-corrected chi connectivity index (χ0v) is 12.8. The molecule has 0 saturated carbocycles. The SMILES string of the molecule is COCCOCCCCNc1nnc(C)c2ccccc12. The molecule has 5 nitrogen and oxygen atoms in total. The second-order valence-electron chi connectivity index (χ2n) is 4.92. The first-order valence-corrected chi connectivity index (χ1v) is 7.35. The monoisotopic (exact) mass is 289 g/mol. The molecule has 114 valence electrons. The van der Waals surface area contributed by atoms with Crippen molar-refractivity contribution < 1.29 is 9.47 Å². The summed E-state index contributed by atoms with van der Waals surface area (Å²) in [7, 11) is 1.68. The number of anilines is 1. The number of aromatic nitrogens is 2. The maximum atomic E-state index is 5.43. The highest BCUT2D eigenvalue weighted by molar-refractivity contribution is 5.92. The first kappa shape index (κ1) is 15.7.